The van der Waals surface area contributed by atoms with E-state index in [1.54, 1.807) is 6.08 Å². The summed E-state index contributed by atoms with van der Waals surface area (Å²) in [4.78, 5) is 10.8. The monoisotopic (exact) mass is 360 g/mol. The Labute approximate surface area is 156 Å². The summed E-state index contributed by atoms with van der Waals surface area (Å²) in [5.41, 5.74) is 1.32. The molecule has 6 heteroatoms. The standard InChI is InChI=1S/C21H16N2O4/c1-26-20-12-21(27-2)19(23(24)25)11-17(20)10-18(13-22)16-8-7-14-5-3-4-6-15(14)9-16/h3-12H,1-2H3. The summed E-state index contributed by atoms with van der Waals surface area (Å²) in [5, 5.41) is 23.0. The number of allylic oxidation sites excluding steroid dienone is 1. The van der Waals surface area contributed by atoms with Crippen LogP contribution in [0.5, 0.6) is 11.5 Å². The number of nitriles is 1. The van der Waals surface area contributed by atoms with Crippen LogP contribution >= 0.6 is 0 Å². The molecule has 0 heterocycles. The lowest BCUT2D eigenvalue weighted by Gasteiger charge is -2.09. The van der Waals surface area contributed by atoms with Gasteiger partial charge < -0.3 is 9.47 Å². The summed E-state index contributed by atoms with van der Waals surface area (Å²) >= 11 is 0. The Kier molecular flexibility index (Phi) is 5.04. The summed E-state index contributed by atoms with van der Waals surface area (Å²) in [5.74, 6) is 0.476. The molecule has 0 amide bonds. The molecule has 0 bridgehead atoms. The smallest absolute Gasteiger partial charge is 0.311 e. The summed E-state index contributed by atoms with van der Waals surface area (Å²) in [6.45, 7) is 0. The Morgan fingerprint density at radius 1 is 1.04 bits per heavy atom. The number of methoxy groups -OCH3 is 2. The Hall–Kier alpha value is -3.85. The van der Waals surface area contributed by atoms with Gasteiger partial charge in [-0.1, -0.05) is 36.4 Å². The second kappa shape index (κ2) is 7.58. The fourth-order valence-electron chi connectivity index (χ4n) is 2.85. The van der Waals surface area contributed by atoms with Crippen molar-refractivity contribution < 1.29 is 14.4 Å². The highest BCUT2D eigenvalue weighted by Crippen LogP contribution is 2.36. The summed E-state index contributed by atoms with van der Waals surface area (Å²) < 4.78 is 10.4. The van der Waals surface area contributed by atoms with Crippen molar-refractivity contribution in [3.8, 4) is 17.6 Å². The molecule has 27 heavy (non-hydrogen) atoms. The van der Waals surface area contributed by atoms with Crippen molar-refractivity contribution in [1.82, 2.24) is 0 Å². The molecule has 0 spiro atoms. The molecule has 0 aliphatic carbocycles. The number of hydrogen-bond donors (Lipinski definition) is 0. The van der Waals surface area contributed by atoms with Gasteiger partial charge in [0, 0.05) is 17.7 Å². The zero-order chi connectivity index (χ0) is 19.4. The number of hydrogen-bond acceptors (Lipinski definition) is 5. The normalized spacial score (nSPS) is 11.1. The Morgan fingerprint density at radius 2 is 1.74 bits per heavy atom. The SMILES string of the molecule is COc1cc(OC)c([N+](=O)[O-])cc1C=C(C#N)c1ccc2ccccc2c1. The third kappa shape index (κ3) is 3.58. The minimum absolute atomic E-state index is 0.0956. The van der Waals surface area contributed by atoms with Crippen LogP contribution in [0.1, 0.15) is 11.1 Å². The molecular formula is C21H16N2O4. The zero-order valence-electron chi connectivity index (χ0n) is 14.8. The third-order valence-electron chi connectivity index (χ3n) is 4.21. The highest BCUT2D eigenvalue weighted by molar-refractivity contribution is 5.95. The number of fused-ring (bicyclic) bond motifs is 1. The molecular weight excluding hydrogens is 344 g/mol. The van der Waals surface area contributed by atoms with Crippen LogP contribution in [0.25, 0.3) is 22.4 Å². The van der Waals surface area contributed by atoms with E-state index in [0.29, 0.717) is 16.9 Å². The van der Waals surface area contributed by atoms with E-state index in [1.807, 2.05) is 42.5 Å². The average molecular weight is 360 g/mol. The minimum Gasteiger partial charge on any atom is -0.496 e. The second-order valence-electron chi connectivity index (χ2n) is 5.75. The Morgan fingerprint density at radius 3 is 2.37 bits per heavy atom. The van der Waals surface area contributed by atoms with E-state index in [2.05, 4.69) is 6.07 Å². The number of ether oxygens (including phenoxy) is 2. The molecule has 0 N–H and O–H groups in total. The molecule has 0 aliphatic rings. The zero-order valence-corrected chi connectivity index (χ0v) is 14.8. The summed E-state index contributed by atoms with van der Waals surface area (Å²) in [6.07, 6.45) is 1.58. The molecule has 0 saturated carbocycles. The lowest BCUT2D eigenvalue weighted by molar-refractivity contribution is -0.385. The predicted octanol–water partition coefficient (Wildman–Crippen LogP) is 4.83. The van der Waals surface area contributed by atoms with Crippen molar-refractivity contribution in [1.29, 1.82) is 5.26 Å². The van der Waals surface area contributed by atoms with Crippen molar-refractivity contribution in [2.75, 3.05) is 14.2 Å². The van der Waals surface area contributed by atoms with Crippen molar-refractivity contribution in [3.63, 3.8) is 0 Å². The first-order chi connectivity index (χ1) is 13.1. The van der Waals surface area contributed by atoms with Gasteiger partial charge in [0.05, 0.1) is 30.8 Å². The molecule has 0 aromatic heterocycles. The van der Waals surface area contributed by atoms with Gasteiger partial charge in [0.25, 0.3) is 0 Å². The van der Waals surface area contributed by atoms with Gasteiger partial charge in [-0.15, -0.1) is 0 Å². The van der Waals surface area contributed by atoms with E-state index in [1.165, 1.54) is 26.4 Å². The molecule has 3 aromatic carbocycles. The molecule has 3 rings (SSSR count). The van der Waals surface area contributed by atoms with Gasteiger partial charge in [0.15, 0.2) is 0 Å². The van der Waals surface area contributed by atoms with Crippen LogP contribution in [0.4, 0.5) is 5.69 Å². The summed E-state index contributed by atoms with van der Waals surface area (Å²) in [7, 11) is 2.81. The maximum atomic E-state index is 11.3. The van der Waals surface area contributed by atoms with Crippen molar-refractivity contribution in [2.24, 2.45) is 0 Å². The average Bonchev–Trinajstić information content (AvgIpc) is 2.70. The maximum Gasteiger partial charge on any atom is 0.311 e. The van der Waals surface area contributed by atoms with Gasteiger partial charge in [-0.25, -0.2) is 0 Å². The number of rotatable bonds is 5. The van der Waals surface area contributed by atoms with Crippen LogP contribution in [-0.2, 0) is 0 Å². The molecule has 0 atom stereocenters. The molecule has 0 unspecified atom stereocenters. The molecule has 134 valence electrons. The van der Waals surface area contributed by atoms with E-state index in [-0.39, 0.29) is 11.4 Å². The molecule has 0 aliphatic heterocycles. The lowest BCUT2D eigenvalue weighted by Crippen LogP contribution is -1.97. The number of nitro benzene ring substituents is 1. The van der Waals surface area contributed by atoms with Crippen molar-refractivity contribution in [3.05, 3.63) is 75.8 Å². The first-order valence-corrected chi connectivity index (χ1v) is 8.08. The third-order valence-corrected chi connectivity index (χ3v) is 4.21. The maximum absolute atomic E-state index is 11.3. The van der Waals surface area contributed by atoms with E-state index < -0.39 is 4.92 Å². The number of nitrogens with zero attached hydrogens (tertiary/aromatic N) is 2. The van der Waals surface area contributed by atoms with Gasteiger partial charge in [0.1, 0.15) is 5.75 Å². The topological polar surface area (TPSA) is 85.4 Å². The predicted molar refractivity (Wildman–Crippen MR) is 104 cm³/mol. The molecule has 0 radical (unpaired) electrons. The van der Waals surface area contributed by atoms with E-state index in [9.17, 15) is 15.4 Å². The highest BCUT2D eigenvalue weighted by Gasteiger charge is 2.19. The van der Waals surface area contributed by atoms with Crippen LogP contribution in [0.15, 0.2) is 54.6 Å². The van der Waals surface area contributed by atoms with Gasteiger partial charge in [0.2, 0.25) is 5.75 Å². The molecule has 0 saturated heterocycles. The van der Waals surface area contributed by atoms with E-state index in [4.69, 9.17) is 9.47 Å². The highest BCUT2D eigenvalue weighted by atomic mass is 16.6. The van der Waals surface area contributed by atoms with Gasteiger partial charge >= 0.3 is 5.69 Å². The van der Waals surface area contributed by atoms with Crippen LogP contribution in [-0.4, -0.2) is 19.1 Å². The van der Waals surface area contributed by atoms with Crippen molar-refractivity contribution >= 4 is 28.1 Å². The van der Waals surface area contributed by atoms with E-state index >= 15 is 0 Å². The largest absolute Gasteiger partial charge is 0.496 e. The second-order valence-corrected chi connectivity index (χ2v) is 5.75. The number of nitro groups is 1. The first kappa shape index (κ1) is 18.0. The Bertz CT molecular complexity index is 1100. The number of benzene rings is 3. The quantitative estimate of drug-likeness (QED) is 0.281. The fourth-order valence-corrected chi connectivity index (χ4v) is 2.85. The van der Waals surface area contributed by atoms with Crippen LogP contribution in [0.2, 0.25) is 0 Å². The van der Waals surface area contributed by atoms with Gasteiger partial charge in [-0.05, 0) is 28.5 Å². The van der Waals surface area contributed by atoms with Crippen LogP contribution in [0.3, 0.4) is 0 Å². The van der Waals surface area contributed by atoms with E-state index in [0.717, 1.165) is 16.3 Å². The first-order valence-electron chi connectivity index (χ1n) is 8.08. The fraction of sp³-hybridized carbons (Fsp3) is 0.0952. The molecule has 3 aromatic rings. The van der Waals surface area contributed by atoms with Crippen molar-refractivity contribution in [2.45, 2.75) is 0 Å². The lowest BCUT2D eigenvalue weighted by atomic mass is 9.99. The minimum atomic E-state index is -0.530. The summed E-state index contributed by atoms with van der Waals surface area (Å²) in [6, 6.07) is 18.5. The molecule has 6 nitrogen and oxygen atoms in total. The van der Waals surface area contributed by atoms with Crippen LogP contribution in [0, 0.1) is 21.4 Å². The molecule has 0 fully saturated rings. The van der Waals surface area contributed by atoms with Crippen LogP contribution < -0.4 is 9.47 Å². The van der Waals surface area contributed by atoms with Gasteiger partial charge in [-0.2, -0.15) is 5.26 Å². The Balaban J connectivity index is 2.15. The van der Waals surface area contributed by atoms with Gasteiger partial charge in [-0.3, -0.25) is 10.1 Å².